The van der Waals surface area contributed by atoms with E-state index in [2.05, 4.69) is 15.6 Å². The summed E-state index contributed by atoms with van der Waals surface area (Å²) in [5.74, 6) is -0.923. The van der Waals surface area contributed by atoms with E-state index in [1.807, 2.05) is 19.1 Å². The molecule has 0 fully saturated rings. The van der Waals surface area contributed by atoms with Crippen LogP contribution in [0.5, 0.6) is 0 Å². The van der Waals surface area contributed by atoms with Gasteiger partial charge in [0, 0.05) is 24.4 Å². The average molecular weight is 386 g/mol. The van der Waals surface area contributed by atoms with E-state index in [1.165, 1.54) is 18.2 Å². The number of rotatable bonds is 9. The van der Waals surface area contributed by atoms with Gasteiger partial charge in [0.2, 0.25) is 0 Å². The van der Waals surface area contributed by atoms with Crippen molar-refractivity contribution in [3.05, 3.63) is 64.0 Å². The normalized spacial score (nSPS) is 11.4. The summed E-state index contributed by atoms with van der Waals surface area (Å²) >= 11 is 0. The molecule has 2 N–H and O–H groups in total. The monoisotopic (exact) mass is 386 g/mol. The van der Waals surface area contributed by atoms with Gasteiger partial charge in [0.15, 0.2) is 0 Å². The van der Waals surface area contributed by atoms with Crippen LogP contribution in [0.25, 0.3) is 0 Å². The van der Waals surface area contributed by atoms with E-state index >= 15 is 0 Å². The third-order valence-corrected chi connectivity index (χ3v) is 3.88. The highest BCUT2D eigenvalue weighted by molar-refractivity contribution is 5.95. The summed E-state index contributed by atoms with van der Waals surface area (Å²) in [6.07, 6.45) is 1.68. The lowest BCUT2D eigenvalue weighted by atomic mass is 10.1. The summed E-state index contributed by atoms with van der Waals surface area (Å²) in [5, 5.41) is 17.0. The highest BCUT2D eigenvalue weighted by Crippen LogP contribution is 2.28. The molecule has 0 aliphatic carbocycles. The Morgan fingerprint density at radius 1 is 1.29 bits per heavy atom. The second-order valence-corrected chi connectivity index (χ2v) is 5.92. The Bertz CT molecular complexity index is 841. The number of ether oxygens (including phenoxy) is 1. The Kier molecular flexibility index (Phi) is 7.44. The van der Waals surface area contributed by atoms with Gasteiger partial charge in [-0.25, -0.2) is 0 Å². The molecule has 1 heterocycles. The number of anilines is 1. The number of nitrogens with zero attached hydrogens (tertiary/aromatic N) is 2. The number of amides is 1. The fourth-order valence-electron chi connectivity index (χ4n) is 2.50. The van der Waals surface area contributed by atoms with Gasteiger partial charge in [0.25, 0.3) is 11.6 Å². The van der Waals surface area contributed by atoms with Crippen molar-refractivity contribution in [1.82, 2.24) is 10.3 Å². The Morgan fingerprint density at radius 2 is 2.07 bits per heavy atom. The van der Waals surface area contributed by atoms with Gasteiger partial charge >= 0.3 is 5.97 Å². The highest BCUT2D eigenvalue weighted by atomic mass is 16.6. The molecule has 0 saturated heterocycles. The van der Waals surface area contributed by atoms with Gasteiger partial charge < -0.3 is 15.4 Å². The summed E-state index contributed by atoms with van der Waals surface area (Å²) in [7, 11) is 0. The predicted octanol–water partition coefficient (Wildman–Crippen LogP) is 2.85. The maximum Gasteiger partial charge on any atom is 0.307 e. The van der Waals surface area contributed by atoms with Gasteiger partial charge in [-0.3, -0.25) is 24.7 Å². The summed E-state index contributed by atoms with van der Waals surface area (Å²) in [5.41, 5.74) is 0.927. The van der Waals surface area contributed by atoms with Gasteiger partial charge in [0.05, 0.1) is 29.7 Å². The standard InChI is InChI=1S/C19H22N4O5/c1-3-28-18(24)9-11-21-19(25)14-7-8-16(17(12-14)23(26)27)22-13(2)15-6-4-5-10-20-15/h4-8,10,12-13,22H,3,9,11H2,1-2H3,(H,21,25). The van der Waals surface area contributed by atoms with E-state index < -0.39 is 16.8 Å². The van der Waals surface area contributed by atoms with Crippen molar-refractivity contribution in [3.63, 3.8) is 0 Å². The smallest absolute Gasteiger partial charge is 0.307 e. The third-order valence-electron chi connectivity index (χ3n) is 3.88. The highest BCUT2D eigenvalue weighted by Gasteiger charge is 2.19. The molecule has 0 aliphatic heterocycles. The number of pyridine rings is 1. The molecule has 1 amide bonds. The van der Waals surface area contributed by atoms with Crippen molar-refractivity contribution < 1.29 is 19.2 Å². The first kappa shape index (κ1) is 20.8. The minimum absolute atomic E-state index is 0.0307. The molecule has 28 heavy (non-hydrogen) atoms. The average Bonchev–Trinajstić information content (AvgIpc) is 2.68. The summed E-state index contributed by atoms with van der Waals surface area (Å²) in [4.78, 5) is 38.6. The number of nitrogens with one attached hydrogen (secondary N) is 2. The summed E-state index contributed by atoms with van der Waals surface area (Å²) in [6.45, 7) is 3.88. The molecule has 0 saturated carbocycles. The van der Waals surface area contributed by atoms with Crippen molar-refractivity contribution in [2.45, 2.75) is 26.3 Å². The summed E-state index contributed by atoms with van der Waals surface area (Å²) < 4.78 is 4.78. The summed E-state index contributed by atoms with van der Waals surface area (Å²) in [6, 6.07) is 9.34. The molecule has 0 aliphatic rings. The molecule has 0 radical (unpaired) electrons. The maximum absolute atomic E-state index is 12.2. The Balaban J connectivity index is 2.08. The fourth-order valence-corrected chi connectivity index (χ4v) is 2.50. The zero-order valence-electron chi connectivity index (χ0n) is 15.7. The SMILES string of the molecule is CCOC(=O)CCNC(=O)c1ccc(NC(C)c2ccccn2)c([N+](=O)[O-])c1. The van der Waals surface area contributed by atoms with Crippen LogP contribution in [0, 0.1) is 10.1 Å². The van der Waals surface area contributed by atoms with Gasteiger partial charge in [-0.2, -0.15) is 0 Å². The van der Waals surface area contributed by atoms with E-state index in [9.17, 15) is 19.7 Å². The first-order valence-corrected chi connectivity index (χ1v) is 8.82. The van der Waals surface area contributed by atoms with Crippen LogP contribution in [-0.4, -0.2) is 34.9 Å². The molecular weight excluding hydrogens is 364 g/mol. The lowest BCUT2D eigenvalue weighted by molar-refractivity contribution is -0.384. The van der Waals surface area contributed by atoms with Crippen LogP contribution in [0.4, 0.5) is 11.4 Å². The maximum atomic E-state index is 12.2. The molecule has 2 aromatic rings. The van der Waals surface area contributed by atoms with Crippen LogP contribution < -0.4 is 10.6 Å². The van der Waals surface area contributed by atoms with E-state index in [-0.39, 0.29) is 42.6 Å². The Labute approximate surface area is 162 Å². The van der Waals surface area contributed by atoms with E-state index in [1.54, 1.807) is 19.2 Å². The van der Waals surface area contributed by atoms with Crippen LogP contribution >= 0.6 is 0 Å². The van der Waals surface area contributed by atoms with Crippen molar-refractivity contribution in [1.29, 1.82) is 0 Å². The van der Waals surface area contributed by atoms with Crippen molar-refractivity contribution in [2.24, 2.45) is 0 Å². The van der Waals surface area contributed by atoms with E-state index in [0.29, 0.717) is 0 Å². The largest absolute Gasteiger partial charge is 0.466 e. The molecular formula is C19H22N4O5. The molecule has 9 heteroatoms. The number of benzene rings is 1. The van der Waals surface area contributed by atoms with Gasteiger partial charge in [0.1, 0.15) is 5.69 Å². The number of nitro groups is 1. The second kappa shape index (κ2) is 10.0. The minimum Gasteiger partial charge on any atom is -0.466 e. The van der Waals surface area contributed by atoms with Crippen LogP contribution in [0.15, 0.2) is 42.6 Å². The number of esters is 1. The van der Waals surface area contributed by atoms with Crippen molar-refractivity contribution in [3.8, 4) is 0 Å². The number of aromatic nitrogens is 1. The molecule has 1 aromatic carbocycles. The predicted molar refractivity (Wildman–Crippen MR) is 103 cm³/mol. The zero-order valence-corrected chi connectivity index (χ0v) is 15.7. The van der Waals surface area contributed by atoms with Gasteiger partial charge in [-0.15, -0.1) is 0 Å². The molecule has 0 spiro atoms. The topological polar surface area (TPSA) is 123 Å². The van der Waals surface area contributed by atoms with Crippen LogP contribution in [0.2, 0.25) is 0 Å². The second-order valence-electron chi connectivity index (χ2n) is 5.92. The van der Waals surface area contributed by atoms with Crippen molar-refractivity contribution in [2.75, 3.05) is 18.5 Å². The number of hydrogen-bond donors (Lipinski definition) is 2. The number of hydrogen-bond acceptors (Lipinski definition) is 7. The van der Waals surface area contributed by atoms with Crippen LogP contribution in [0.3, 0.4) is 0 Å². The Morgan fingerprint density at radius 3 is 2.71 bits per heavy atom. The molecule has 9 nitrogen and oxygen atoms in total. The van der Waals surface area contributed by atoms with Gasteiger partial charge in [-0.1, -0.05) is 6.07 Å². The molecule has 2 rings (SSSR count). The molecule has 1 atom stereocenters. The quantitative estimate of drug-likeness (QED) is 0.386. The van der Waals surface area contributed by atoms with Crippen LogP contribution in [-0.2, 0) is 9.53 Å². The first-order valence-electron chi connectivity index (χ1n) is 8.82. The number of nitro benzene ring substituents is 1. The minimum atomic E-state index is -0.553. The van der Waals surface area contributed by atoms with E-state index in [4.69, 9.17) is 4.74 Å². The zero-order chi connectivity index (χ0) is 20.5. The number of carbonyl (C=O) groups excluding carboxylic acids is 2. The van der Waals surface area contributed by atoms with Gasteiger partial charge in [-0.05, 0) is 38.1 Å². The van der Waals surface area contributed by atoms with Crippen LogP contribution in [0.1, 0.15) is 42.4 Å². The fraction of sp³-hybridized carbons (Fsp3) is 0.316. The lowest BCUT2D eigenvalue weighted by Gasteiger charge is -2.15. The van der Waals surface area contributed by atoms with Crippen molar-refractivity contribution >= 4 is 23.3 Å². The number of carbonyl (C=O) groups is 2. The first-order chi connectivity index (χ1) is 13.4. The van der Waals surface area contributed by atoms with E-state index in [0.717, 1.165) is 5.69 Å². The molecule has 1 aromatic heterocycles. The molecule has 148 valence electrons. The Hall–Kier alpha value is -3.49. The lowest BCUT2D eigenvalue weighted by Crippen LogP contribution is -2.26. The molecule has 1 unspecified atom stereocenters. The molecule has 0 bridgehead atoms. The third kappa shape index (κ3) is 5.76.